The van der Waals surface area contributed by atoms with Crippen LogP contribution in [0, 0.1) is 11.3 Å². The molecule has 0 bridgehead atoms. The van der Waals surface area contributed by atoms with E-state index in [9.17, 15) is 14.9 Å². The van der Waals surface area contributed by atoms with Gasteiger partial charge in [-0.25, -0.2) is 4.79 Å². The number of imidazole rings is 1. The number of rotatable bonds is 6. The van der Waals surface area contributed by atoms with Gasteiger partial charge in [-0.05, 0) is 36.1 Å². The van der Waals surface area contributed by atoms with Crippen LogP contribution in [0.2, 0.25) is 0 Å². The van der Waals surface area contributed by atoms with Gasteiger partial charge in [0, 0.05) is 24.8 Å². The first-order valence-corrected chi connectivity index (χ1v) is 12.4. The third-order valence-electron chi connectivity index (χ3n) is 7.22. The minimum atomic E-state index is -0.505. The number of nitrogen functional groups attached to an aromatic ring is 1. The maximum atomic E-state index is 13.9. The van der Waals surface area contributed by atoms with Crippen molar-refractivity contribution in [2.24, 2.45) is 12.8 Å². The van der Waals surface area contributed by atoms with Crippen LogP contribution in [0.5, 0.6) is 0 Å². The second-order valence-corrected chi connectivity index (χ2v) is 9.59. The van der Waals surface area contributed by atoms with E-state index in [0.29, 0.717) is 22.8 Å². The lowest BCUT2D eigenvalue weighted by atomic mass is 9.91. The van der Waals surface area contributed by atoms with Crippen molar-refractivity contribution in [2.75, 3.05) is 11.1 Å². The fraction of sp³-hybridized carbons (Fsp3) is 0.333. The molecule has 10 nitrogen and oxygen atoms in total. The third kappa shape index (κ3) is 4.49. The van der Waals surface area contributed by atoms with Crippen molar-refractivity contribution in [3.8, 4) is 6.07 Å². The summed E-state index contributed by atoms with van der Waals surface area (Å²) in [5.74, 6) is 0.475. The van der Waals surface area contributed by atoms with Crippen LogP contribution in [0.15, 0.2) is 58.1 Å². The summed E-state index contributed by atoms with van der Waals surface area (Å²) in [7, 11) is 1.60. The number of nitrogens with two attached hydrogens (primary N) is 2. The predicted octanol–water partition coefficient (Wildman–Crippen LogP) is 2.13. The van der Waals surface area contributed by atoms with Gasteiger partial charge < -0.3 is 16.8 Å². The predicted molar refractivity (Wildman–Crippen MR) is 143 cm³/mol. The zero-order valence-electron chi connectivity index (χ0n) is 20.7. The zero-order chi connectivity index (χ0) is 26.1. The Bertz CT molecular complexity index is 1620. The van der Waals surface area contributed by atoms with Gasteiger partial charge >= 0.3 is 5.69 Å². The number of hydrogen-bond donors (Lipinski definition) is 3. The van der Waals surface area contributed by atoms with Gasteiger partial charge in [0.15, 0.2) is 11.2 Å². The topological polar surface area (TPSA) is 150 Å². The van der Waals surface area contributed by atoms with E-state index in [1.165, 1.54) is 4.57 Å². The number of aromatic nitrogens is 4. The Morgan fingerprint density at radius 1 is 1.03 bits per heavy atom. The van der Waals surface area contributed by atoms with E-state index in [-0.39, 0.29) is 36.3 Å². The largest absolute Gasteiger partial charge is 0.398 e. The van der Waals surface area contributed by atoms with Crippen molar-refractivity contribution in [2.45, 2.75) is 50.9 Å². The maximum absolute atomic E-state index is 13.9. The Balaban J connectivity index is 1.70. The number of nitrogens with one attached hydrogen (secondary N) is 1. The van der Waals surface area contributed by atoms with Crippen LogP contribution in [0.3, 0.4) is 0 Å². The number of anilines is 2. The van der Waals surface area contributed by atoms with Crippen molar-refractivity contribution in [3.05, 3.63) is 86.1 Å². The van der Waals surface area contributed by atoms with Crippen LogP contribution in [-0.4, -0.2) is 30.8 Å². The second kappa shape index (κ2) is 9.95. The Morgan fingerprint density at radius 2 is 1.70 bits per heavy atom. The van der Waals surface area contributed by atoms with Crippen molar-refractivity contribution < 1.29 is 0 Å². The highest BCUT2D eigenvalue weighted by atomic mass is 16.2. The molecule has 2 aromatic heterocycles. The quantitative estimate of drug-likeness (QED) is 0.345. The molecule has 0 spiro atoms. The lowest BCUT2D eigenvalue weighted by Crippen LogP contribution is -2.43. The highest BCUT2D eigenvalue weighted by molar-refractivity contribution is 5.75. The van der Waals surface area contributed by atoms with Gasteiger partial charge in [0.05, 0.1) is 24.7 Å². The maximum Gasteiger partial charge on any atom is 0.332 e. The molecular formula is C27H30N8O2. The minimum absolute atomic E-state index is 0.000748. The molecule has 1 fully saturated rings. The molecule has 1 aliphatic rings. The Morgan fingerprint density at radius 3 is 2.43 bits per heavy atom. The molecule has 2 heterocycles. The highest BCUT2D eigenvalue weighted by Crippen LogP contribution is 2.25. The van der Waals surface area contributed by atoms with E-state index in [2.05, 4.69) is 11.4 Å². The average Bonchev–Trinajstić information content (AvgIpc) is 3.26. The van der Waals surface area contributed by atoms with Gasteiger partial charge in [-0.15, -0.1) is 0 Å². The molecule has 37 heavy (non-hydrogen) atoms. The van der Waals surface area contributed by atoms with Crippen LogP contribution in [-0.2, 0) is 20.1 Å². The fourth-order valence-corrected chi connectivity index (χ4v) is 5.07. The molecule has 0 radical (unpaired) electrons. The highest BCUT2D eigenvalue weighted by Gasteiger charge is 2.26. The van der Waals surface area contributed by atoms with Gasteiger partial charge in [-0.2, -0.15) is 10.2 Å². The fourth-order valence-electron chi connectivity index (χ4n) is 5.07. The Labute approximate surface area is 213 Å². The van der Waals surface area contributed by atoms with Crippen molar-refractivity contribution in [1.29, 1.82) is 5.26 Å². The molecule has 10 heteroatoms. The summed E-state index contributed by atoms with van der Waals surface area (Å²) in [6.07, 6.45) is 3.94. The molecule has 2 unspecified atom stereocenters. The van der Waals surface area contributed by atoms with E-state index in [1.54, 1.807) is 35.9 Å². The lowest BCUT2D eigenvalue weighted by molar-refractivity contribution is 0.401. The number of nitriles is 1. The Kier molecular flexibility index (Phi) is 6.54. The molecule has 190 valence electrons. The molecule has 1 aliphatic carbocycles. The lowest BCUT2D eigenvalue weighted by Gasteiger charge is -2.29. The van der Waals surface area contributed by atoms with Gasteiger partial charge in [0.25, 0.3) is 5.56 Å². The van der Waals surface area contributed by atoms with Crippen LogP contribution >= 0.6 is 0 Å². The molecule has 5 N–H and O–H groups in total. The first-order valence-electron chi connectivity index (χ1n) is 12.4. The molecule has 0 amide bonds. The van der Waals surface area contributed by atoms with Gasteiger partial charge in [0.1, 0.15) is 0 Å². The van der Waals surface area contributed by atoms with Crippen LogP contribution < -0.4 is 28.0 Å². The monoisotopic (exact) mass is 498 g/mol. The van der Waals surface area contributed by atoms with E-state index < -0.39 is 11.2 Å². The molecular weight excluding hydrogens is 468 g/mol. The number of fused-ring (bicyclic) bond motifs is 1. The Hall–Kier alpha value is -4.36. The third-order valence-corrected chi connectivity index (χ3v) is 7.22. The van der Waals surface area contributed by atoms with Crippen molar-refractivity contribution in [1.82, 2.24) is 18.7 Å². The first-order chi connectivity index (χ1) is 17.9. The summed E-state index contributed by atoms with van der Waals surface area (Å²) in [5, 5.41) is 13.0. The van der Waals surface area contributed by atoms with Crippen LogP contribution in [0.25, 0.3) is 11.2 Å². The number of para-hydroxylation sites is 1. The second-order valence-electron chi connectivity index (χ2n) is 9.59. The normalized spacial score (nSPS) is 17.5. The molecule has 1 saturated carbocycles. The van der Waals surface area contributed by atoms with Crippen molar-refractivity contribution >= 4 is 22.8 Å². The SMILES string of the molecule is Cn1c(=O)n(Cc2ccccc2C#N)c(=O)c2c1nc(NC1CCCCC1N)n2Cc1ccccc1N. The summed E-state index contributed by atoms with van der Waals surface area (Å²) < 4.78 is 4.32. The molecule has 5 rings (SSSR count). The molecule has 2 aromatic carbocycles. The molecule has 0 aliphatic heterocycles. The minimum Gasteiger partial charge on any atom is -0.398 e. The zero-order valence-corrected chi connectivity index (χ0v) is 20.7. The van der Waals surface area contributed by atoms with E-state index in [0.717, 1.165) is 35.8 Å². The first kappa shape index (κ1) is 24.3. The molecule has 2 atom stereocenters. The summed E-state index contributed by atoms with van der Waals surface area (Å²) in [6.45, 7) is 0.260. The number of nitrogens with zero attached hydrogens (tertiary/aromatic N) is 5. The summed E-state index contributed by atoms with van der Waals surface area (Å²) in [5.41, 5.74) is 14.7. The van der Waals surface area contributed by atoms with Crippen molar-refractivity contribution in [3.63, 3.8) is 0 Å². The van der Waals surface area contributed by atoms with E-state index in [4.69, 9.17) is 16.5 Å². The summed E-state index contributed by atoms with van der Waals surface area (Å²) in [6, 6.07) is 16.5. The average molecular weight is 499 g/mol. The summed E-state index contributed by atoms with van der Waals surface area (Å²) >= 11 is 0. The number of benzene rings is 2. The summed E-state index contributed by atoms with van der Waals surface area (Å²) in [4.78, 5) is 31.9. The van der Waals surface area contributed by atoms with Gasteiger partial charge in [0.2, 0.25) is 5.95 Å². The standard InChI is InChI=1S/C27H30N8O2/c1-33-24-23(25(36)35(27(33)37)15-18-9-3-2-8-17(18)14-28)34(16-19-10-4-5-11-20(19)29)26(32-24)31-22-13-7-6-12-21(22)30/h2-5,8-11,21-22H,6-7,12-13,15-16,29-30H2,1H3,(H,31,32). The molecule has 4 aromatic rings. The van der Waals surface area contributed by atoms with Crippen LogP contribution in [0.1, 0.15) is 42.4 Å². The van der Waals surface area contributed by atoms with E-state index >= 15 is 0 Å². The van der Waals surface area contributed by atoms with Gasteiger partial charge in [-0.1, -0.05) is 49.2 Å². The van der Waals surface area contributed by atoms with Crippen LogP contribution in [0.4, 0.5) is 11.6 Å². The van der Waals surface area contributed by atoms with Gasteiger partial charge in [-0.3, -0.25) is 18.5 Å². The number of aryl methyl sites for hydroxylation is 1. The smallest absolute Gasteiger partial charge is 0.332 e. The molecule has 0 saturated heterocycles. The van der Waals surface area contributed by atoms with E-state index in [1.807, 2.05) is 24.3 Å². The number of hydrogen-bond acceptors (Lipinski definition) is 7.